The summed E-state index contributed by atoms with van der Waals surface area (Å²) in [6, 6.07) is 7.26. The predicted molar refractivity (Wildman–Crippen MR) is 76.4 cm³/mol. The zero-order valence-electron chi connectivity index (χ0n) is 10.8. The molecule has 7 heteroatoms. The lowest BCUT2D eigenvalue weighted by Gasteiger charge is -2.06. The van der Waals surface area contributed by atoms with Crippen LogP contribution in [0.25, 0.3) is 0 Å². The fourth-order valence-electron chi connectivity index (χ4n) is 1.54. The Morgan fingerprint density at radius 3 is 2.76 bits per heavy atom. The van der Waals surface area contributed by atoms with Crippen molar-refractivity contribution in [3.8, 4) is 5.75 Å². The summed E-state index contributed by atoms with van der Waals surface area (Å²) in [7, 11) is 0. The van der Waals surface area contributed by atoms with Crippen molar-refractivity contribution in [1.29, 1.82) is 0 Å². The molecule has 0 unspecified atom stereocenters. The number of rotatable bonds is 6. The van der Waals surface area contributed by atoms with Gasteiger partial charge in [0.2, 0.25) is 5.91 Å². The third-order valence-electron chi connectivity index (χ3n) is 2.53. The first-order valence-electron chi connectivity index (χ1n) is 6.05. The largest absolute Gasteiger partial charge is 0.492 e. The van der Waals surface area contributed by atoms with Crippen LogP contribution >= 0.6 is 11.3 Å². The molecule has 0 saturated heterocycles. The van der Waals surface area contributed by atoms with E-state index in [-0.39, 0.29) is 29.5 Å². The minimum absolute atomic E-state index is 0.0343. The average molecular weight is 309 g/mol. The Bertz CT molecular complexity index is 656. The molecule has 2 rings (SSSR count). The van der Waals surface area contributed by atoms with Crippen LogP contribution < -0.4 is 10.1 Å². The molecule has 0 atom stereocenters. The zero-order valence-corrected chi connectivity index (χ0v) is 11.7. The van der Waals surface area contributed by atoms with Gasteiger partial charge in [-0.25, -0.2) is 9.18 Å². The lowest BCUT2D eigenvalue weighted by Crippen LogP contribution is -2.15. The number of benzene rings is 1. The molecule has 0 spiro atoms. The molecule has 5 nitrogen and oxygen atoms in total. The predicted octanol–water partition coefficient (Wildman–Crippen LogP) is 2.99. The van der Waals surface area contributed by atoms with Crippen LogP contribution in [0.4, 0.5) is 10.1 Å². The van der Waals surface area contributed by atoms with E-state index in [4.69, 9.17) is 9.84 Å². The molecule has 1 aromatic heterocycles. The molecule has 0 aliphatic heterocycles. The molecule has 0 saturated carbocycles. The summed E-state index contributed by atoms with van der Waals surface area (Å²) in [5.74, 6) is -1.51. The number of thiophene rings is 1. The maximum absolute atomic E-state index is 13.3. The number of carboxylic acids is 1. The second kappa shape index (κ2) is 6.85. The number of carbonyl (C=O) groups is 2. The van der Waals surface area contributed by atoms with Crippen LogP contribution in [-0.2, 0) is 4.79 Å². The summed E-state index contributed by atoms with van der Waals surface area (Å²) in [5.41, 5.74) is 0.117. The van der Waals surface area contributed by atoms with Gasteiger partial charge in [0.1, 0.15) is 16.4 Å². The lowest BCUT2D eigenvalue weighted by molar-refractivity contribution is -0.116. The Morgan fingerprint density at radius 1 is 1.33 bits per heavy atom. The van der Waals surface area contributed by atoms with E-state index in [1.807, 2.05) is 0 Å². The van der Waals surface area contributed by atoms with E-state index in [1.165, 1.54) is 24.3 Å². The summed E-state index contributed by atoms with van der Waals surface area (Å²) in [6.45, 7) is 0.0794. The van der Waals surface area contributed by atoms with Crippen molar-refractivity contribution in [2.75, 3.05) is 11.9 Å². The summed E-state index contributed by atoms with van der Waals surface area (Å²) in [6.07, 6.45) is 0.0343. The number of carboxylic acid groups (broad SMARTS) is 1. The number of hydrogen-bond donors (Lipinski definition) is 2. The highest BCUT2D eigenvalue weighted by Crippen LogP contribution is 2.21. The highest BCUT2D eigenvalue weighted by molar-refractivity contribution is 7.12. The number of ether oxygens (including phenoxy) is 1. The fourth-order valence-corrected chi connectivity index (χ4v) is 2.21. The van der Waals surface area contributed by atoms with Gasteiger partial charge >= 0.3 is 5.97 Å². The number of hydrogen-bond acceptors (Lipinski definition) is 4. The Kier molecular flexibility index (Phi) is 4.89. The van der Waals surface area contributed by atoms with E-state index in [2.05, 4.69) is 5.32 Å². The monoisotopic (exact) mass is 309 g/mol. The second-order valence-electron chi connectivity index (χ2n) is 4.08. The van der Waals surface area contributed by atoms with Gasteiger partial charge in [-0.05, 0) is 12.1 Å². The van der Waals surface area contributed by atoms with Crippen molar-refractivity contribution >= 4 is 28.9 Å². The number of aromatic carboxylic acids is 1. The molecule has 2 aromatic rings. The summed E-state index contributed by atoms with van der Waals surface area (Å²) < 4.78 is 18.6. The first-order chi connectivity index (χ1) is 10.1. The van der Waals surface area contributed by atoms with Gasteiger partial charge in [-0.3, -0.25) is 4.79 Å². The molecule has 0 radical (unpaired) electrons. The Labute approximate surface area is 124 Å². The van der Waals surface area contributed by atoms with Crippen LogP contribution in [0.5, 0.6) is 5.75 Å². The van der Waals surface area contributed by atoms with Crippen LogP contribution in [0.2, 0.25) is 0 Å². The quantitative estimate of drug-likeness (QED) is 0.860. The summed E-state index contributed by atoms with van der Waals surface area (Å²) in [5, 5.41) is 12.7. The molecule has 110 valence electrons. The van der Waals surface area contributed by atoms with Crippen LogP contribution in [0.1, 0.15) is 16.1 Å². The van der Waals surface area contributed by atoms with E-state index in [0.717, 1.165) is 11.3 Å². The maximum atomic E-state index is 13.3. The van der Waals surface area contributed by atoms with Gasteiger partial charge in [0.25, 0.3) is 0 Å². The van der Waals surface area contributed by atoms with Gasteiger partial charge in [0.15, 0.2) is 0 Å². The molecule has 0 bridgehead atoms. The number of halogens is 1. The van der Waals surface area contributed by atoms with E-state index in [0.29, 0.717) is 5.75 Å². The molecule has 0 aliphatic rings. The molecule has 2 N–H and O–H groups in total. The van der Waals surface area contributed by atoms with Crippen LogP contribution in [-0.4, -0.2) is 23.6 Å². The number of anilines is 1. The number of para-hydroxylation sites is 1. The first kappa shape index (κ1) is 15.0. The van der Waals surface area contributed by atoms with Gasteiger partial charge in [0, 0.05) is 11.4 Å². The molecule has 1 amide bonds. The molecule has 1 aromatic carbocycles. The molecule has 21 heavy (non-hydrogen) atoms. The van der Waals surface area contributed by atoms with Gasteiger partial charge in [0.05, 0.1) is 18.7 Å². The topological polar surface area (TPSA) is 75.6 Å². The van der Waals surface area contributed by atoms with Crippen LogP contribution in [0.3, 0.4) is 0 Å². The van der Waals surface area contributed by atoms with Crippen molar-refractivity contribution in [1.82, 2.24) is 0 Å². The standard InChI is InChI=1S/C14H12FNO4S/c15-10-3-1-2-4-11(10)16-13(17)5-6-20-9-7-12(14(18)19)21-8-9/h1-4,7-8H,5-6H2,(H,16,17)(H,18,19). The van der Waals surface area contributed by atoms with Crippen molar-refractivity contribution in [2.24, 2.45) is 0 Å². The van der Waals surface area contributed by atoms with Crippen LogP contribution in [0, 0.1) is 5.82 Å². The van der Waals surface area contributed by atoms with Crippen molar-refractivity contribution < 1.29 is 23.8 Å². The van der Waals surface area contributed by atoms with Gasteiger partial charge in [-0.1, -0.05) is 12.1 Å². The highest BCUT2D eigenvalue weighted by Gasteiger charge is 2.09. The van der Waals surface area contributed by atoms with E-state index in [9.17, 15) is 14.0 Å². The Balaban J connectivity index is 1.79. The minimum Gasteiger partial charge on any atom is -0.492 e. The molecule has 0 fully saturated rings. The molecular formula is C14H12FNO4S. The first-order valence-corrected chi connectivity index (χ1v) is 6.93. The molecular weight excluding hydrogens is 297 g/mol. The van der Waals surface area contributed by atoms with E-state index in [1.54, 1.807) is 11.4 Å². The third kappa shape index (κ3) is 4.28. The zero-order chi connectivity index (χ0) is 15.2. The van der Waals surface area contributed by atoms with E-state index < -0.39 is 11.8 Å². The van der Waals surface area contributed by atoms with Gasteiger partial charge in [-0.2, -0.15) is 0 Å². The number of nitrogens with one attached hydrogen (secondary N) is 1. The van der Waals surface area contributed by atoms with Crippen molar-refractivity contribution in [3.05, 3.63) is 46.4 Å². The lowest BCUT2D eigenvalue weighted by atomic mass is 10.3. The maximum Gasteiger partial charge on any atom is 0.346 e. The number of amides is 1. The average Bonchev–Trinajstić information content (AvgIpc) is 2.90. The second-order valence-corrected chi connectivity index (χ2v) is 4.99. The Hall–Kier alpha value is -2.41. The van der Waals surface area contributed by atoms with Gasteiger partial charge in [-0.15, -0.1) is 11.3 Å². The van der Waals surface area contributed by atoms with Crippen molar-refractivity contribution in [3.63, 3.8) is 0 Å². The fraction of sp³-hybridized carbons (Fsp3) is 0.143. The molecule has 0 aliphatic carbocycles. The number of carbonyl (C=O) groups excluding carboxylic acids is 1. The SMILES string of the molecule is O=C(CCOc1csc(C(=O)O)c1)Nc1ccccc1F. The smallest absolute Gasteiger partial charge is 0.346 e. The highest BCUT2D eigenvalue weighted by atomic mass is 32.1. The van der Waals surface area contributed by atoms with Crippen LogP contribution in [0.15, 0.2) is 35.7 Å². The Morgan fingerprint density at radius 2 is 2.10 bits per heavy atom. The molecule has 1 heterocycles. The van der Waals surface area contributed by atoms with Gasteiger partial charge < -0.3 is 15.2 Å². The third-order valence-corrected chi connectivity index (χ3v) is 3.43. The summed E-state index contributed by atoms with van der Waals surface area (Å²) in [4.78, 5) is 22.5. The summed E-state index contributed by atoms with van der Waals surface area (Å²) >= 11 is 1.05. The van der Waals surface area contributed by atoms with Crippen molar-refractivity contribution in [2.45, 2.75) is 6.42 Å². The minimum atomic E-state index is -1.02. The van der Waals surface area contributed by atoms with E-state index >= 15 is 0 Å². The normalized spacial score (nSPS) is 10.1.